The van der Waals surface area contributed by atoms with Gasteiger partial charge in [-0.2, -0.15) is 0 Å². The lowest BCUT2D eigenvalue weighted by atomic mass is 9.69. The van der Waals surface area contributed by atoms with E-state index in [2.05, 4.69) is 29.6 Å². The Balaban J connectivity index is 1.85. The van der Waals surface area contributed by atoms with Crippen LogP contribution in [0.4, 0.5) is 5.69 Å². The third kappa shape index (κ3) is 2.09. The first-order valence-electron chi connectivity index (χ1n) is 6.88. The predicted molar refractivity (Wildman–Crippen MR) is 72.4 cm³/mol. The molecule has 96 valence electrons. The van der Waals surface area contributed by atoms with Gasteiger partial charge in [-0.25, -0.2) is 0 Å². The van der Waals surface area contributed by atoms with E-state index in [9.17, 15) is 4.79 Å². The van der Waals surface area contributed by atoms with Crippen LogP contribution in [0.5, 0.6) is 0 Å². The summed E-state index contributed by atoms with van der Waals surface area (Å²) in [5, 5.41) is 3.46. The van der Waals surface area contributed by atoms with Crippen LogP contribution in [0.1, 0.15) is 43.6 Å². The maximum Gasteiger partial charge on any atom is 0.219 e. The van der Waals surface area contributed by atoms with Gasteiger partial charge in [-0.05, 0) is 42.7 Å². The lowest BCUT2D eigenvalue weighted by Gasteiger charge is -2.41. The molecule has 1 aliphatic carbocycles. The number of para-hydroxylation sites is 1. The molecule has 1 fully saturated rings. The van der Waals surface area contributed by atoms with E-state index in [4.69, 9.17) is 5.73 Å². The Labute approximate surface area is 108 Å². The van der Waals surface area contributed by atoms with E-state index in [0.717, 1.165) is 12.3 Å². The highest BCUT2D eigenvalue weighted by Crippen LogP contribution is 2.46. The summed E-state index contributed by atoms with van der Waals surface area (Å²) in [7, 11) is 0. The van der Waals surface area contributed by atoms with Gasteiger partial charge in [-0.3, -0.25) is 4.79 Å². The molecule has 1 heterocycles. The Morgan fingerprint density at radius 2 is 2.11 bits per heavy atom. The fourth-order valence-corrected chi connectivity index (χ4v) is 3.33. The minimum atomic E-state index is -0.209. The zero-order valence-corrected chi connectivity index (χ0v) is 10.6. The van der Waals surface area contributed by atoms with Gasteiger partial charge in [0.1, 0.15) is 0 Å². The summed E-state index contributed by atoms with van der Waals surface area (Å²) in [6.07, 6.45) is 5.52. The van der Waals surface area contributed by atoms with Crippen LogP contribution >= 0.6 is 0 Å². The van der Waals surface area contributed by atoms with Crippen LogP contribution in [-0.4, -0.2) is 11.9 Å². The van der Waals surface area contributed by atoms with E-state index >= 15 is 0 Å². The first kappa shape index (κ1) is 11.6. The van der Waals surface area contributed by atoms with E-state index in [1.807, 2.05) is 0 Å². The number of nitrogens with two attached hydrogens (primary N) is 1. The zero-order valence-electron chi connectivity index (χ0n) is 10.6. The molecule has 3 rings (SSSR count). The normalized spacial score (nSPS) is 26.9. The van der Waals surface area contributed by atoms with E-state index in [0.29, 0.717) is 12.3 Å². The Morgan fingerprint density at radius 3 is 2.78 bits per heavy atom. The van der Waals surface area contributed by atoms with Gasteiger partial charge in [0.05, 0.1) is 0 Å². The zero-order chi connectivity index (χ0) is 12.5. The molecule has 0 radical (unpaired) electrons. The number of nitrogens with one attached hydrogen (secondary N) is 1. The highest BCUT2D eigenvalue weighted by Gasteiger charge is 2.35. The number of amides is 1. The molecule has 3 heteroatoms. The summed E-state index contributed by atoms with van der Waals surface area (Å²) < 4.78 is 0. The van der Waals surface area contributed by atoms with E-state index in [1.165, 1.54) is 30.5 Å². The summed E-state index contributed by atoms with van der Waals surface area (Å²) >= 11 is 0. The number of carbonyl (C=O) groups is 1. The minimum absolute atomic E-state index is 0.209. The van der Waals surface area contributed by atoms with Gasteiger partial charge in [-0.1, -0.05) is 24.6 Å². The number of hydrogen-bond acceptors (Lipinski definition) is 2. The molecular formula is C15H20N2O. The molecule has 1 amide bonds. The highest BCUT2D eigenvalue weighted by atomic mass is 16.1. The molecule has 3 nitrogen and oxygen atoms in total. The molecule has 2 unspecified atom stereocenters. The van der Waals surface area contributed by atoms with Crippen molar-refractivity contribution in [2.24, 2.45) is 11.7 Å². The SMILES string of the molecule is NC(=O)CC1CC(C2CCC2)c2ccccc2N1. The Hall–Kier alpha value is -1.51. The molecule has 2 atom stereocenters. The van der Waals surface area contributed by atoms with Crippen LogP contribution in [0, 0.1) is 5.92 Å². The quantitative estimate of drug-likeness (QED) is 0.858. The van der Waals surface area contributed by atoms with Gasteiger partial charge in [0, 0.05) is 18.2 Å². The third-order valence-electron chi connectivity index (χ3n) is 4.42. The molecule has 0 saturated heterocycles. The van der Waals surface area contributed by atoms with Gasteiger partial charge in [0.15, 0.2) is 0 Å². The van der Waals surface area contributed by atoms with Gasteiger partial charge < -0.3 is 11.1 Å². The van der Waals surface area contributed by atoms with Crippen molar-refractivity contribution in [1.82, 2.24) is 0 Å². The van der Waals surface area contributed by atoms with Crippen LogP contribution in [0.2, 0.25) is 0 Å². The third-order valence-corrected chi connectivity index (χ3v) is 4.42. The average Bonchev–Trinajstić information content (AvgIpc) is 2.25. The maximum absolute atomic E-state index is 11.1. The van der Waals surface area contributed by atoms with Crippen LogP contribution < -0.4 is 11.1 Å². The minimum Gasteiger partial charge on any atom is -0.382 e. The second kappa shape index (κ2) is 4.63. The van der Waals surface area contributed by atoms with Crippen molar-refractivity contribution in [3.8, 4) is 0 Å². The average molecular weight is 244 g/mol. The molecule has 1 saturated carbocycles. The van der Waals surface area contributed by atoms with Gasteiger partial charge in [0.25, 0.3) is 0 Å². The Morgan fingerprint density at radius 1 is 1.33 bits per heavy atom. The molecule has 3 N–H and O–H groups in total. The van der Waals surface area contributed by atoms with Crippen LogP contribution in [-0.2, 0) is 4.79 Å². The first-order chi connectivity index (χ1) is 8.74. The molecule has 2 aliphatic rings. The fraction of sp³-hybridized carbons (Fsp3) is 0.533. The summed E-state index contributed by atoms with van der Waals surface area (Å²) in [5.41, 5.74) is 7.97. The fourth-order valence-electron chi connectivity index (χ4n) is 3.33. The van der Waals surface area contributed by atoms with E-state index in [-0.39, 0.29) is 11.9 Å². The van der Waals surface area contributed by atoms with Crippen molar-refractivity contribution in [3.05, 3.63) is 29.8 Å². The second-order valence-electron chi connectivity index (χ2n) is 5.63. The van der Waals surface area contributed by atoms with Gasteiger partial charge >= 0.3 is 0 Å². The number of rotatable bonds is 3. The number of benzene rings is 1. The van der Waals surface area contributed by atoms with Crippen molar-refractivity contribution in [2.75, 3.05) is 5.32 Å². The maximum atomic E-state index is 11.1. The van der Waals surface area contributed by atoms with Gasteiger partial charge in [-0.15, -0.1) is 0 Å². The first-order valence-corrected chi connectivity index (χ1v) is 6.88. The number of carbonyl (C=O) groups excluding carboxylic acids is 1. The smallest absolute Gasteiger partial charge is 0.219 e. The molecule has 1 aromatic rings. The molecular weight excluding hydrogens is 224 g/mol. The molecule has 18 heavy (non-hydrogen) atoms. The predicted octanol–water partition coefficient (Wildman–Crippen LogP) is 2.63. The number of anilines is 1. The number of primary amides is 1. The molecule has 0 aromatic heterocycles. The molecule has 1 aromatic carbocycles. The summed E-state index contributed by atoms with van der Waals surface area (Å²) in [4.78, 5) is 11.1. The van der Waals surface area contributed by atoms with Gasteiger partial charge in [0.2, 0.25) is 5.91 Å². The lowest BCUT2D eigenvalue weighted by molar-refractivity contribution is -0.118. The second-order valence-corrected chi connectivity index (χ2v) is 5.63. The van der Waals surface area contributed by atoms with Crippen molar-refractivity contribution in [1.29, 1.82) is 0 Å². The largest absolute Gasteiger partial charge is 0.382 e. The van der Waals surface area contributed by atoms with Crippen molar-refractivity contribution in [2.45, 2.75) is 44.1 Å². The van der Waals surface area contributed by atoms with Crippen molar-refractivity contribution >= 4 is 11.6 Å². The summed E-state index contributed by atoms with van der Waals surface area (Å²) in [6, 6.07) is 8.72. The summed E-state index contributed by atoms with van der Waals surface area (Å²) in [5.74, 6) is 1.21. The molecule has 1 aliphatic heterocycles. The monoisotopic (exact) mass is 244 g/mol. The van der Waals surface area contributed by atoms with Crippen LogP contribution in [0.15, 0.2) is 24.3 Å². The Kier molecular flexibility index (Phi) is 2.98. The lowest BCUT2D eigenvalue weighted by Crippen LogP contribution is -2.35. The van der Waals surface area contributed by atoms with E-state index < -0.39 is 0 Å². The van der Waals surface area contributed by atoms with Crippen LogP contribution in [0.3, 0.4) is 0 Å². The molecule has 0 bridgehead atoms. The summed E-state index contributed by atoms with van der Waals surface area (Å²) in [6.45, 7) is 0. The van der Waals surface area contributed by atoms with E-state index in [1.54, 1.807) is 0 Å². The van der Waals surface area contributed by atoms with Crippen LogP contribution in [0.25, 0.3) is 0 Å². The highest BCUT2D eigenvalue weighted by molar-refractivity contribution is 5.75. The molecule has 0 spiro atoms. The Bertz CT molecular complexity index is 454. The number of fused-ring (bicyclic) bond motifs is 1. The standard InChI is InChI=1S/C15H20N2O/c16-15(18)9-11-8-13(10-4-3-5-10)12-6-1-2-7-14(12)17-11/h1-2,6-7,10-11,13,17H,3-5,8-9H2,(H2,16,18). The van der Waals surface area contributed by atoms with Crippen molar-refractivity contribution in [3.63, 3.8) is 0 Å². The van der Waals surface area contributed by atoms with Crippen molar-refractivity contribution < 1.29 is 4.79 Å². The topological polar surface area (TPSA) is 55.1 Å². The number of hydrogen-bond donors (Lipinski definition) is 2.